The van der Waals surface area contributed by atoms with E-state index in [0.29, 0.717) is 55.8 Å². The number of benzene rings is 2. The summed E-state index contributed by atoms with van der Waals surface area (Å²) in [5.74, 6) is 1.47. The van der Waals surface area contributed by atoms with Crippen molar-refractivity contribution in [3.63, 3.8) is 0 Å². The minimum Gasteiger partial charge on any atom is -0.493 e. The Morgan fingerprint density at radius 1 is 1.08 bits per heavy atom. The second-order valence-corrected chi connectivity index (χ2v) is 9.40. The van der Waals surface area contributed by atoms with Gasteiger partial charge in [0.15, 0.2) is 16.3 Å². The first-order valence-electron chi connectivity index (χ1n) is 12.2. The first-order valence-corrected chi connectivity index (χ1v) is 13.0. The molecule has 3 aromatic rings. The molecule has 2 heterocycles. The van der Waals surface area contributed by atoms with Gasteiger partial charge in [-0.05, 0) is 49.8 Å². The van der Waals surface area contributed by atoms with E-state index < -0.39 is 12.0 Å². The topological polar surface area (TPSA) is 97.6 Å². The number of allylic oxidation sites excluding steroid dienone is 1. The van der Waals surface area contributed by atoms with Gasteiger partial charge in [0.2, 0.25) is 5.75 Å². The van der Waals surface area contributed by atoms with Crippen molar-refractivity contribution in [2.45, 2.75) is 19.9 Å². The van der Waals surface area contributed by atoms with Crippen molar-refractivity contribution >= 4 is 23.4 Å². The van der Waals surface area contributed by atoms with E-state index in [1.54, 1.807) is 50.3 Å². The molecule has 1 aliphatic heterocycles. The number of carbonyl (C=O) groups is 1. The number of aromatic nitrogens is 1. The van der Waals surface area contributed by atoms with Crippen LogP contribution in [0.5, 0.6) is 23.0 Å². The number of thiazole rings is 1. The third-order valence-corrected chi connectivity index (χ3v) is 7.08. The fourth-order valence-electron chi connectivity index (χ4n) is 4.39. The molecule has 0 bridgehead atoms. The molecule has 1 atom stereocenters. The average Bonchev–Trinajstić information content (AvgIpc) is 3.25. The van der Waals surface area contributed by atoms with E-state index in [1.807, 2.05) is 12.1 Å². The van der Waals surface area contributed by atoms with Crippen LogP contribution in [0, 0.1) is 0 Å². The Morgan fingerprint density at radius 2 is 1.79 bits per heavy atom. The smallest absolute Gasteiger partial charge is 0.338 e. The van der Waals surface area contributed by atoms with Crippen molar-refractivity contribution in [3.8, 4) is 23.0 Å². The van der Waals surface area contributed by atoms with Crippen LogP contribution in [0.3, 0.4) is 0 Å². The van der Waals surface area contributed by atoms with Crippen molar-refractivity contribution in [2.24, 2.45) is 4.99 Å². The van der Waals surface area contributed by atoms with Crippen molar-refractivity contribution in [1.82, 2.24) is 4.57 Å². The summed E-state index contributed by atoms with van der Waals surface area (Å²) in [6, 6.07) is 10.0. The Kier molecular flexibility index (Phi) is 8.55. The van der Waals surface area contributed by atoms with Crippen LogP contribution >= 0.6 is 11.3 Å². The molecule has 1 aliphatic rings. The lowest BCUT2D eigenvalue weighted by atomic mass is 9.96. The first-order chi connectivity index (χ1) is 18.9. The van der Waals surface area contributed by atoms with Gasteiger partial charge in [-0.2, -0.15) is 0 Å². The van der Waals surface area contributed by atoms with Gasteiger partial charge in [0, 0.05) is 5.56 Å². The molecule has 0 spiro atoms. The first kappa shape index (κ1) is 27.7. The monoisotopic (exact) mass is 550 g/mol. The maximum absolute atomic E-state index is 13.9. The number of hydrogen-bond donors (Lipinski definition) is 0. The average molecular weight is 551 g/mol. The van der Waals surface area contributed by atoms with Gasteiger partial charge in [-0.15, -0.1) is 0 Å². The molecule has 0 aliphatic carbocycles. The van der Waals surface area contributed by atoms with Crippen molar-refractivity contribution in [1.29, 1.82) is 0 Å². The van der Waals surface area contributed by atoms with E-state index in [9.17, 15) is 9.59 Å². The highest BCUT2D eigenvalue weighted by atomic mass is 32.1. The SMILES string of the molecule is C=CCOc1ccc(C2C(C(=O)OCC)=C(C)N=c3s/c(=C/c4ccc(OC)c(OC)c4OC)c(=O)n32)cc1. The highest BCUT2D eigenvalue weighted by Gasteiger charge is 2.33. The van der Waals surface area contributed by atoms with Gasteiger partial charge in [0.1, 0.15) is 12.4 Å². The molecule has 0 fully saturated rings. The second kappa shape index (κ2) is 12.0. The van der Waals surface area contributed by atoms with Crippen LogP contribution in [0.15, 0.2) is 70.1 Å². The van der Waals surface area contributed by atoms with Crippen molar-refractivity contribution in [3.05, 3.63) is 91.1 Å². The van der Waals surface area contributed by atoms with Crippen LogP contribution in [-0.4, -0.2) is 45.1 Å². The van der Waals surface area contributed by atoms with Crippen LogP contribution in [-0.2, 0) is 9.53 Å². The fraction of sp³-hybridized carbons (Fsp3) is 0.276. The lowest BCUT2D eigenvalue weighted by molar-refractivity contribution is -0.139. The van der Waals surface area contributed by atoms with Gasteiger partial charge >= 0.3 is 5.97 Å². The number of fused-ring (bicyclic) bond motifs is 1. The van der Waals surface area contributed by atoms with Crippen LogP contribution in [0.4, 0.5) is 0 Å². The van der Waals surface area contributed by atoms with Gasteiger partial charge < -0.3 is 23.7 Å². The predicted molar refractivity (Wildman–Crippen MR) is 149 cm³/mol. The van der Waals surface area contributed by atoms with Crippen LogP contribution < -0.4 is 33.8 Å². The minimum atomic E-state index is -0.733. The van der Waals surface area contributed by atoms with Gasteiger partial charge in [-0.1, -0.05) is 36.1 Å². The summed E-state index contributed by atoms with van der Waals surface area (Å²) < 4.78 is 29.4. The third-order valence-electron chi connectivity index (χ3n) is 6.10. The Morgan fingerprint density at radius 3 is 2.41 bits per heavy atom. The second-order valence-electron chi connectivity index (χ2n) is 8.39. The Bertz CT molecular complexity index is 1600. The molecule has 9 nitrogen and oxygen atoms in total. The third kappa shape index (κ3) is 5.33. The molecule has 0 amide bonds. The summed E-state index contributed by atoms with van der Waals surface area (Å²) in [7, 11) is 4.58. The maximum Gasteiger partial charge on any atom is 0.338 e. The fourth-order valence-corrected chi connectivity index (χ4v) is 5.43. The number of rotatable bonds is 10. The number of ether oxygens (including phenoxy) is 5. The highest BCUT2D eigenvalue weighted by Crippen LogP contribution is 2.40. The summed E-state index contributed by atoms with van der Waals surface area (Å²) in [6.07, 6.45) is 3.38. The van der Waals surface area contributed by atoms with Crippen LogP contribution in [0.1, 0.15) is 31.0 Å². The zero-order valence-electron chi connectivity index (χ0n) is 22.5. The van der Waals surface area contributed by atoms with Crippen molar-refractivity contribution < 1.29 is 28.5 Å². The molecule has 2 aromatic carbocycles. The largest absolute Gasteiger partial charge is 0.493 e. The highest BCUT2D eigenvalue weighted by molar-refractivity contribution is 7.07. The molecule has 1 aromatic heterocycles. The van der Waals surface area contributed by atoms with E-state index in [4.69, 9.17) is 23.7 Å². The Hall–Kier alpha value is -4.31. The predicted octanol–water partition coefficient (Wildman–Crippen LogP) is 3.39. The quantitative estimate of drug-likeness (QED) is 0.282. The molecule has 204 valence electrons. The molecule has 0 saturated heterocycles. The molecule has 0 N–H and O–H groups in total. The van der Waals surface area contributed by atoms with Gasteiger partial charge in [-0.25, -0.2) is 9.79 Å². The normalized spacial score (nSPS) is 14.8. The number of hydrogen-bond acceptors (Lipinski definition) is 9. The summed E-state index contributed by atoms with van der Waals surface area (Å²) >= 11 is 1.22. The van der Waals surface area contributed by atoms with Gasteiger partial charge in [0.05, 0.1) is 49.8 Å². The lowest BCUT2D eigenvalue weighted by Gasteiger charge is -2.24. The summed E-state index contributed by atoms with van der Waals surface area (Å²) in [5, 5.41) is 0. The Labute approximate surface area is 229 Å². The van der Waals surface area contributed by atoms with E-state index in [0.717, 1.165) is 5.56 Å². The molecule has 10 heteroatoms. The van der Waals surface area contributed by atoms with Gasteiger partial charge in [-0.3, -0.25) is 9.36 Å². The van der Waals surface area contributed by atoms with E-state index in [2.05, 4.69) is 11.6 Å². The van der Waals surface area contributed by atoms with Crippen LogP contribution in [0.2, 0.25) is 0 Å². The number of carbonyl (C=O) groups excluding carboxylic acids is 1. The van der Waals surface area contributed by atoms with E-state index in [-0.39, 0.29) is 12.2 Å². The van der Waals surface area contributed by atoms with Crippen LogP contribution in [0.25, 0.3) is 6.08 Å². The molecule has 4 rings (SSSR count). The standard InChI is InChI=1S/C29H30N2O7S/c1-7-15-38-20-12-9-18(10-13-20)24-23(28(33)37-8-2)17(3)30-29-31(24)27(32)22(39-29)16-19-11-14-21(34-4)26(36-6)25(19)35-5/h7,9-14,16,24H,1,8,15H2,2-6H3/b22-16+. The zero-order chi connectivity index (χ0) is 28.1. The summed E-state index contributed by atoms with van der Waals surface area (Å²) in [6.45, 7) is 7.70. The molecule has 39 heavy (non-hydrogen) atoms. The summed E-state index contributed by atoms with van der Waals surface area (Å²) in [4.78, 5) is 32.1. The van der Waals surface area contributed by atoms with E-state index >= 15 is 0 Å². The minimum absolute atomic E-state index is 0.195. The number of nitrogens with zero attached hydrogens (tertiary/aromatic N) is 2. The number of methoxy groups -OCH3 is 3. The summed E-state index contributed by atoms with van der Waals surface area (Å²) in [5.41, 5.74) is 1.83. The maximum atomic E-state index is 13.9. The lowest BCUT2D eigenvalue weighted by Crippen LogP contribution is -2.39. The van der Waals surface area contributed by atoms with Gasteiger partial charge in [0.25, 0.3) is 5.56 Å². The molecule has 0 radical (unpaired) electrons. The van der Waals surface area contributed by atoms with E-state index in [1.165, 1.54) is 37.2 Å². The van der Waals surface area contributed by atoms with Crippen molar-refractivity contribution in [2.75, 3.05) is 34.5 Å². The Balaban J connectivity index is 1.92. The zero-order valence-corrected chi connectivity index (χ0v) is 23.3. The molecular weight excluding hydrogens is 520 g/mol. The number of esters is 1. The molecular formula is C29H30N2O7S. The molecule has 0 saturated carbocycles. The molecule has 1 unspecified atom stereocenters.